The van der Waals surface area contributed by atoms with E-state index in [1.165, 1.54) is 6.26 Å². The van der Waals surface area contributed by atoms with Gasteiger partial charge in [-0.3, -0.25) is 4.79 Å². The van der Waals surface area contributed by atoms with Crippen molar-refractivity contribution < 1.29 is 13.9 Å². The van der Waals surface area contributed by atoms with Crippen LogP contribution in [-0.4, -0.2) is 12.5 Å². The number of amides is 1. The number of ether oxygens (including phenoxy) is 1. The van der Waals surface area contributed by atoms with Crippen LogP contribution in [0, 0.1) is 0 Å². The first kappa shape index (κ1) is 14.1. The average Bonchev–Trinajstić information content (AvgIpc) is 2.95. The molecule has 0 radical (unpaired) electrons. The zero-order valence-electron chi connectivity index (χ0n) is 11.4. The Morgan fingerprint density at radius 3 is 2.90 bits per heavy atom. The van der Waals surface area contributed by atoms with Gasteiger partial charge in [-0.05, 0) is 19.1 Å². The van der Waals surface area contributed by atoms with Gasteiger partial charge < -0.3 is 20.2 Å². The summed E-state index contributed by atoms with van der Waals surface area (Å²) in [4.78, 5) is 12.0. The number of nitrogens with one attached hydrogen (secondary N) is 1. The van der Waals surface area contributed by atoms with Gasteiger partial charge in [0.1, 0.15) is 17.8 Å². The van der Waals surface area contributed by atoms with Crippen LogP contribution in [0.4, 0.5) is 0 Å². The lowest BCUT2D eigenvalue weighted by molar-refractivity contribution is 0.0950. The summed E-state index contributed by atoms with van der Waals surface area (Å²) < 4.78 is 10.6. The minimum Gasteiger partial charge on any atom is -0.494 e. The van der Waals surface area contributed by atoms with E-state index in [2.05, 4.69) is 5.32 Å². The van der Waals surface area contributed by atoms with Crippen molar-refractivity contribution in [2.75, 3.05) is 6.61 Å². The number of hydrogen-bond donors (Lipinski definition) is 2. The minimum atomic E-state index is -0.195. The van der Waals surface area contributed by atoms with Crippen LogP contribution in [-0.2, 0) is 13.1 Å². The fraction of sp³-hybridized carbons (Fsp3) is 0.267. The summed E-state index contributed by atoms with van der Waals surface area (Å²) >= 11 is 0. The number of carbonyl (C=O) groups is 1. The Kier molecular flexibility index (Phi) is 4.79. The van der Waals surface area contributed by atoms with Crippen molar-refractivity contribution in [2.45, 2.75) is 20.0 Å². The monoisotopic (exact) mass is 274 g/mol. The average molecular weight is 274 g/mol. The van der Waals surface area contributed by atoms with E-state index in [1.807, 2.05) is 31.2 Å². The molecule has 0 fully saturated rings. The first-order valence-electron chi connectivity index (χ1n) is 6.51. The molecular weight excluding hydrogens is 256 g/mol. The molecule has 0 saturated heterocycles. The van der Waals surface area contributed by atoms with Gasteiger partial charge >= 0.3 is 0 Å². The van der Waals surface area contributed by atoms with Crippen molar-refractivity contribution in [1.29, 1.82) is 0 Å². The largest absolute Gasteiger partial charge is 0.494 e. The highest BCUT2D eigenvalue weighted by atomic mass is 16.5. The number of furan rings is 1. The third kappa shape index (κ3) is 3.39. The van der Waals surface area contributed by atoms with Gasteiger partial charge in [-0.25, -0.2) is 0 Å². The lowest BCUT2D eigenvalue weighted by Crippen LogP contribution is -2.22. The molecule has 1 aromatic heterocycles. The van der Waals surface area contributed by atoms with Crippen molar-refractivity contribution in [3.63, 3.8) is 0 Å². The highest BCUT2D eigenvalue weighted by Gasteiger charge is 2.10. The van der Waals surface area contributed by atoms with Gasteiger partial charge in [0.25, 0.3) is 5.91 Å². The highest BCUT2D eigenvalue weighted by Crippen LogP contribution is 2.17. The SMILES string of the molecule is CCOc1ccccc1CNC(=O)c1coc(CN)c1. The van der Waals surface area contributed by atoms with Crippen molar-refractivity contribution in [3.8, 4) is 5.75 Å². The van der Waals surface area contributed by atoms with Gasteiger partial charge in [-0.2, -0.15) is 0 Å². The smallest absolute Gasteiger partial charge is 0.254 e. The topological polar surface area (TPSA) is 77.5 Å². The highest BCUT2D eigenvalue weighted by molar-refractivity contribution is 5.93. The molecule has 0 bridgehead atoms. The Hall–Kier alpha value is -2.27. The van der Waals surface area contributed by atoms with Gasteiger partial charge in [0.05, 0.1) is 18.7 Å². The van der Waals surface area contributed by atoms with Crippen LogP contribution in [0.2, 0.25) is 0 Å². The molecule has 0 aliphatic heterocycles. The zero-order chi connectivity index (χ0) is 14.4. The third-order valence-electron chi connectivity index (χ3n) is 2.83. The first-order chi connectivity index (χ1) is 9.74. The Labute approximate surface area is 117 Å². The molecule has 0 aliphatic carbocycles. The summed E-state index contributed by atoms with van der Waals surface area (Å²) in [6, 6.07) is 9.26. The zero-order valence-corrected chi connectivity index (χ0v) is 11.4. The lowest BCUT2D eigenvalue weighted by atomic mass is 10.2. The molecule has 20 heavy (non-hydrogen) atoms. The Balaban J connectivity index is 1.99. The molecule has 0 spiro atoms. The molecule has 1 aromatic carbocycles. The second-order valence-electron chi connectivity index (χ2n) is 4.23. The van der Waals surface area contributed by atoms with E-state index in [0.717, 1.165) is 11.3 Å². The second-order valence-corrected chi connectivity index (χ2v) is 4.23. The Bertz CT molecular complexity index is 578. The molecule has 2 rings (SSSR count). The quantitative estimate of drug-likeness (QED) is 0.845. The maximum Gasteiger partial charge on any atom is 0.254 e. The molecule has 0 unspecified atom stereocenters. The molecule has 0 saturated carbocycles. The summed E-state index contributed by atoms with van der Waals surface area (Å²) in [5, 5.41) is 2.83. The third-order valence-corrected chi connectivity index (χ3v) is 2.83. The van der Waals surface area contributed by atoms with Crippen molar-refractivity contribution in [2.24, 2.45) is 5.73 Å². The summed E-state index contributed by atoms with van der Waals surface area (Å²) in [5.41, 5.74) is 6.85. The van der Waals surface area contributed by atoms with Gasteiger partial charge in [0.15, 0.2) is 0 Å². The number of hydrogen-bond acceptors (Lipinski definition) is 4. The van der Waals surface area contributed by atoms with Gasteiger partial charge in [-0.1, -0.05) is 18.2 Å². The fourth-order valence-corrected chi connectivity index (χ4v) is 1.83. The van der Waals surface area contributed by atoms with E-state index in [4.69, 9.17) is 14.9 Å². The van der Waals surface area contributed by atoms with Crippen molar-refractivity contribution in [1.82, 2.24) is 5.32 Å². The van der Waals surface area contributed by atoms with Gasteiger partial charge in [0.2, 0.25) is 0 Å². The molecule has 5 heteroatoms. The van der Waals surface area contributed by atoms with Crippen molar-refractivity contribution >= 4 is 5.91 Å². The van der Waals surface area contributed by atoms with Crippen LogP contribution in [0.15, 0.2) is 41.0 Å². The number of rotatable bonds is 6. The molecule has 1 heterocycles. The van der Waals surface area contributed by atoms with Gasteiger partial charge in [-0.15, -0.1) is 0 Å². The normalized spacial score (nSPS) is 10.3. The Morgan fingerprint density at radius 1 is 1.40 bits per heavy atom. The summed E-state index contributed by atoms with van der Waals surface area (Å²) in [7, 11) is 0. The fourth-order valence-electron chi connectivity index (χ4n) is 1.83. The van der Waals surface area contributed by atoms with E-state index in [0.29, 0.717) is 24.5 Å². The van der Waals surface area contributed by atoms with Crippen LogP contribution in [0.5, 0.6) is 5.75 Å². The Morgan fingerprint density at radius 2 is 2.20 bits per heavy atom. The predicted octanol–water partition coefficient (Wildman–Crippen LogP) is 2.07. The van der Waals surface area contributed by atoms with E-state index in [1.54, 1.807) is 6.07 Å². The first-order valence-corrected chi connectivity index (χ1v) is 6.51. The van der Waals surface area contributed by atoms with E-state index in [9.17, 15) is 4.79 Å². The summed E-state index contributed by atoms with van der Waals surface area (Å²) in [6.07, 6.45) is 1.41. The number of carbonyl (C=O) groups excluding carboxylic acids is 1. The molecule has 2 aromatic rings. The maximum atomic E-state index is 12.0. The molecule has 3 N–H and O–H groups in total. The molecule has 5 nitrogen and oxygen atoms in total. The number of para-hydroxylation sites is 1. The van der Waals surface area contributed by atoms with E-state index < -0.39 is 0 Å². The standard InChI is InChI=1S/C15H18N2O3/c1-2-19-14-6-4-3-5-11(14)9-17-15(18)12-7-13(8-16)20-10-12/h3-7,10H,2,8-9,16H2,1H3,(H,17,18). The van der Waals surface area contributed by atoms with Crippen LogP contribution in [0.25, 0.3) is 0 Å². The van der Waals surface area contributed by atoms with Crippen LogP contribution in [0.1, 0.15) is 28.6 Å². The second kappa shape index (κ2) is 6.77. The van der Waals surface area contributed by atoms with Crippen LogP contribution >= 0.6 is 0 Å². The molecule has 1 amide bonds. The van der Waals surface area contributed by atoms with Crippen molar-refractivity contribution in [3.05, 3.63) is 53.5 Å². The van der Waals surface area contributed by atoms with Gasteiger partial charge in [0, 0.05) is 12.1 Å². The predicted molar refractivity (Wildman–Crippen MR) is 75.4 cm³/mol. The molecular formula is C15H18N2O3. The van der Waals surface area contributed by atoms with Crippen LogP contribution < -0.4 is 15.8 Å². The molecule has 106 valence electrons. The number of nitrogens with two attached hydrogens (primary N) is 1. The molecule has 0 aliphatic rings. The minimum absolute atomic E-state index is 0.195. The summed E-state index contributed by atoms with van der Waals surface area (Å²) in [6.45, 7) is 3.19. The number of benzene rings is 1. The summed E-state index contributed by atoms with van der Waals surface area (Å²) in [5.74, 6) is 1.18. The maximum absolute atomic E-state index is 12.0. The van der Waals surface area contributed by atoms with E-state index >= 15 is 0 Å². The van der Waals surface area contributed by atoms with Crippen LogP contribution in [0.3, 0.4) is 0 Å². The molecule has 0 atom stereocenters. The van der Waals surface area contributed by atoms with E-state index in [-0.39, 0.29) is 12.5 Å². The lowest BCUT2D eigenvalue weighted by Gasteiger charge is -2.10.